The van der Waals surface area contributed by atoms with E-state index in [0.717, 1.165) is 18.2 Å². The van der Waals surface area contributed by atoms with E-state index in [1.54, 1.807) is 0 Å². The summed E-state index contributed by atoms with van der Waals surface area (Å²) in [6, 6.07) is 2.78. The number of halogens is 1. The van der Waals surface area contributed by atoms with Crippen molar-refractivity contribution in [3.8, 4) is 0 Å². The second kappa shape index (κ2) is 6.13. The molecule has 1 amide bonds. The van der Waals surface area contributed by atoms with E-state index in [4.69, 9.17) is 22.4 Å². The van der Waals surface area contributed by atoms with Crippen LogP contribution in [0.4, 0.5) is 5.69 Å². The number of nitro groups is 1. The van der Waals surface area contributed by atoms with Gasteiger partial charge in [0.1, 0.15) is 11.0 Å². The van der Waals surface area contributed by atoms with Crippen LogP contribution in [0.1, 0.15) is 0 Å². The van der Waals surface area contributed by atoms with E-state index >= 15 is 0 Å². The molecule has 1 aromatic rings. The van der Waals surface area contributed by atoms with E-state index in [0.29, 0.717) is 0 Å². The molecular formula is C9H10ClN3O6S. The highest BCUT2D eigenvalue weighted by Gasteiger charge is 2.22. The summed E-state index contributed by atoms with van der Waals surface area (Å²) >= 11 is 5.66. The first-order valence-corrected chi connectivity index (χ1v) is 6.92. The molecule has 0 aliphatic carbocycles. The van der Waals surface area contributed by atoms with Gasteiger partial charge in [0.25, 0.3) is 5.69 Å². The molecule has 1 atom stereocenters. The zero-order chi connectivity index (χ0) is 15.5. The lowest BCUT2D eigenvalue weighted by atomic mass is 10.3. The Bertz CT molecular complexity index is 647. The molecule has 0 bridgehead atoms. The predicted octanol–water partition coefficient (Wildman–Crippen LogP) is -0.627. The summed E-state index contributed by atoms with van der Waals surface area (Å²) in [5, 5.41) is 19.2. The van der Waals surface area contributed by atoms with Gasteiger partial charge < -0.3 is 10.8 Å². The Morgan fingerprint density at radius 2 is 2.15 bits per heavy atom. The fourth-order valence-corrected chi connectivity index (χ4v) is 2.76. The number of benzene rings is 1. The number of aliphatic hydroxyl groups is 1. The third-order valence-electron chi connectivity index (χ3n) is 2.21. The smallest absolute Gasteiger partial charge is 0.271 e. The van der Waals surface area contributed by atoms with E-state index in [-0.39, 0.29) is 10.7 Å². The normalized spacial score (nSPS) is 12.9. The number of primary amides is 1. The number of hydrogen-bond donors (Lipinski definition) is 3. The lowest BCUT2D eigenvalue weighted by molar-refractivity contribution is -0.384. The first-order valence-electron chi connectivity index (χ1n) is 5.06. The number of nitrogens with one attached hydrogen (secondary N) is 1. The standard InChI is InChI=1S/C9H10ClN3O6S/c10-6-3-5(13(16)17)1-2-8(6)20(18,19)12-4-7(14)9(11)15/h1-3,7,12,14H,4H2,(H2,11,15). The SMILES string of the molecule is NC(=O)C(O)CNS(=O)(=O)c1ccc([N+](=O)[O-])cc1Cl. The van der Waals surface area contributed by atoms with Gasteiger partial charge in [-0.05, 0) is 6.07 Å². The van der Waals surface area contributed by atoms with Crippen LogP contribution >= 0.6 is 11.6 Å². The highest BCUT2D eigenvalue weighted by molar-refractivity contribution is 7.89. The van der Waals surface area contributed by atoms with Gasteiger partial charge in [-0.25, -0.2) is 13.1 Å². The maximum Gasteiger partial charge on any atom is 0.271 e. The summed E-state index contributed by atoms with van der Waals surface area (Å²) in [7, 11) is -4.13. The van der Waals surface area contributed by atoms with Crippen LogP contribution in [-0.4, -0.2) is 37.0 Å². The van der Waals surface area contributed by atoms with E-state index < -0.39 is 38.4 Å². The quantitative estimate of drug-likeness (QED) is 0.468. The van der Waals surface area contributed by atoms with E-state index in [1.165, 1.54) is 0 Å². The molecule has 1 rings (SSSR count). The molecule has 0 aliphatic rings. The van der Waals surface area contributed by atoms with Crippen molar-refractivity contribution >= 4 is 33.2 Å². The molecule has 0 saturated heterocycles. The molecule has 9 nitrogen and oxygen atoms in total. The van der Waals surface area contributed by atoms with Gasteiger partial charge in [-0.2, -0.15) is 0 Å². The number of rotatable bonds is 6. The van der Waals surface area contributed by atoms with Gasteiger partial charge >= 0.3 is 0 Å². The van der Waals surface area contributed by atoms with Crippen molar-refractivity contribution in [1.29, 1.82) is 0 Å². The van der Waals surface area contributed by atoms with Gasteiger partial charge in [0.15, 0.2) is 0 Å². The lowest BCUT2D eigenvalue weighted by Gasteiger charge is -2.10. The molecule has 0 fully saturated rings. The zero-order valence-corrected chi connectivity index (χ0v) is 11.4. The van der Waals surface area contributed by atoms with Gasteiger partial charge in [0.2, 0.25) is 15.9 Å². The minimum Gasteiger partial charge on any atom is -0.382 e. The van der Waals surface area contributed by atoms with Gasteiger partial charge in [-0.1, -0.05) is 11.6 Å². The van der Waals surface area contributed by atoms with Crippen LogP contribution < -0.4 is 10.5 Å². The van der Waals surface area contributed by atoms with E-state index in [1.807, 2.05) is 4.72 Å². The third kappa shape index (κ3) is 3.87. The second-order valence-corrected chi connectivity index (χ2v) is 5.78. The zero-order valence-electron chi connectivity index (χ0n) is 9.82. The van der Waals surface area contributed by atoms with Crippen molar-refractivity contribution in [1.82, 2.24) is 4.72 Å². The van der Waals surface area contributed by atoms with Gasteiger partial charge in [-0.15, -0.1) is 0 Å². The summed E-state index contributed by atoms with van der Waals surface area (Å²) in [5.41, 5.74) is 4.39. The van der Waals surface area contributed by atoms with Crippen LogP contribution in [0, 0.1) is 10.1 Å². The first kappa shape index (κ1) is 16.3. The third-order valence-corrected chi connectivity index (χ3v) is 4.12. The van der Waals surface area contributed by atoms with Gasteiger partial charge in [-0.3, -0.25) is 14.9 Å². The summed E-state index contributed by atoms with van der Waals surface area (Å²) in [5.74, 6) is -1.09. The Balaban J connectivity index is 2.99. The van der Waals surface area contributed by atoms with Crippen LogP contribution in [0.25, 0.3) is 0 Å². The Labute approximate surface area is 118 Å². The summed E-state index contributed by atoms with van der Waals surface area (Å²) < 4.78 is 25.6. The number of sulfonamides is 1. The van der Waals surface area contributed by atoms with Crippen LogP contribution in [0.2, 0.25) is 5.02 Å². The molecule has 20 heavy (non-hydrogen) atoms. The van der Waals surface area contributed by atoms with Crippen molar-refractivity contribution in [2.75, 3.05) is 6.54 Å². The Kier molecular flexibility index (Phi) is 5.00. The average Bonchev–Trinajstić information content (AvgIpc) is 2.35. The molecule has 0 aliphatic heterocycles. The Morgan fingerprint density at radius 3 is 2.60 bits per heavy atom. The fraction of sp³-hybridized carbons (Fsp3) is 0.222. The van der Waals surface area contributed by atoms with E-state index in [2.05, 4.69) is 0 Å². The predicted molar refractivity (Wildman–Crippen MR) is 68.5 cm³/mol. The summed E-state index contributed by atoms with van der Waals surface area (Å²) in [6.07, 6.45) is -1.69. The van der Waals surface area contributed by atoms with Gasteiger partial charge in [0, 0.05) is 18.7 Å². The largest absolute Gasteiger partial charge is 0.382 e. The highest BCUT2D eigenvalue weighted by atomic mass is 35.5. The van der Waals surface area contributed by atoms with E-state index in [9.17, 15) is 23.3 Å². The van der Waals surface area contributed by atoms with Gasteiger partial charge in [0.05, 0.1) is 9.95 Å². The average molecular weight is 324 g/mol. The van der Waals surface area contributed by atoms with Crippen molar-refractivity contribution in [3.63, 3.8) is 0 Å². The number of amides is 1. The number of nitrogens with two attached hydrogens (primary N) is 1. The second-order valence-electron chi connectivity index (χ2n) is 3.64. The first-order chi connectivity index (χ1) is 9.15. The maximum atomic E-state index is 11.8. The number of nitrogens with zero attached hydrogens (tertiary/aromatic N) is 1. The molecule has 0 radical (unpaired) electrons. The van der Waals surface area contributed by atoms with Crippen molar-refractivity contribution < 1.29 is 23.2 Å². The number of aliphatic hydroxyl groups excluding tert-OH is 1. The number of carbonyl (C=O) groups excluding carboxylic acids is 1. The Hall–Kier alpha value is -1.75. The molecule has 110 valence electrons. The Morgan fingerprint density at radius 1 is 1.55 bits per heavy atom. The minimum atomic E-state index is -4.13. The molecule has 11 heteroatoms. The van der Waals surface area contributed by atoms with Crippen LogP contribution in [0.3, 0.4) is 0 Å². The van der Waals surface area contributed by atoms with Crippen LogP contribution in [-0.2, 0) is 14.8 Å². The van der Waals surface area contributed by atoms with Crippen molar-refractivity contribution in [3.05, 3.63) is 33.3 Å². The molecule has 0 spiro atoms. The molecule has 0 saturated carbocycles. The number of hydrogen-bond acceptors (Lipinski definition) is 6. The molecule has 1 aromatic carbocycles. The molecule has 4 N–H and O–H groups in total. The number of nitro benzene ring substituents is 1. The summed E-state index contributed by atoms with van der Waals surface area (Å²) in [6.45, 7) is -0.634. The van der Waals surface area contributed by atoms with Crippen molar-refractivity contribution in [2.24, 2.45) is 5.73 Å². The number of non-ortho nitro benzene ring substituents is 1. The molecule has 1 unspecified atom stereocenters. The highest BCUT2D eigenvalue weighted by Crippen LogP contribution is 2.25. The molecular weight excluding hydrogens is 314 g/mol. The maximum absolute atomic E-state index is 11.8. The minimum absolute atomic E-state index is 0.361. The van der Waals surface area contributed by atoms with Crippen LogP contribution in [0.5, 0.6) is 0 Å². The molecule has 0 aromatic heterocycles. The van der Waals surface area contributed by atoms with Crippen molar-refractivity contribution in [2.45, 2.75) is 11.0 Å². The monoisotopic (exact) mass is 323 g/mol. The fourth-order valence-electron chi connectivity index (χ4n) is 1.19. The summed E-state index contributed by atoms with van der Waals surface area (Å²) in [4.78, 5) is 19.9. The van der Waals surface area contributed by atoms with Crippen LogP contribution in [0.15, 0.2) is 23.1 Å². The topological polar surface area (TPSA) is 153 Å². The lowest BCUT2D eigenvalue weighted by Crippen LogP contribution is -2.39. The molecule has 0 heterocycles. The number of carbonyl (C=O) groups is 1.